The number of ether oxygens (including phenoxy) is 2. The van der Waals surface area contributed by atoms with Crippen LogP contribution < -0.4 is 5.73 Å². The minimum absolute atomic E-state index is 0.00374. The fourth-order valence-electron chi connectivity index (χ4n) is 2.45. The van der Waals surface area contributed by atoms with Gasteiger partial charge in [0.05, 0.1) is 6.04 Å². The van der Waals surface area contributed by atoms with Gasteiger partial charge in [-0.25, -0.2) is 0 Å². The summed E-state index contributed by atoms with van der Waals surface area (Å²) >= 11 is 0. The van der Waals surface area contributed by atoms with E-state index in [0.717, 1.165) is 6.42 Å². The van der Waals surface area contributed by atoms with Gasteiger partial charge in [0.2, 0.25) is 0 Å². The summed E-state index contributed by atoms with van der Waals surface area (Å²) in [6.07, 6.45) is 14.3. The third-order valence-electron chi connectivity index (χ3n) is 3.71. The fourth-order valence-corrected chi connectivity index (χ4v) is 2.45. The molecule has 116 valence electrons. The van der Waals surface area contributed by atoms with E-state index in [2.05, 4.69) is 6.92 Å². The van der Waals surface area contributed by atoms with Gasteiger partial charge >= 0.3 is 0 Å². The van der Waals surface area contributed by atoms with E-state index in [1.165, 1.54) is 64.2 Å². The second kappa shape index (κ2) is 14.3. The highest BCUT2D eigenvalue weighted by molar-refractivity contribution is 4.65. The largest absolute Gasteiger partial charge is 0.354 e. The van der Waals surface area contributed by atoms with E-state index in [0.29, 0.717) is 0 Å². The van der Waals surface area contributed by atoms with Crippen LogP contribution in [0.15, 0.2) is 0 Å². The molecule has 0 spiro atoms. The van der Waals surface area contributed by atoms with Gasteiger partial charge in [0.1, 0.15) is 0 Å². The van der Waals surface area contributed by atoms with Crippen molar-refractivity contribution < 1.29 is 9.47 Å². The molecule has 3 nitrogen and oxygen atoms in total. The first-order chi connectivity index (χ1) is 9.26. The van der Waals surface area contributed by atoms with Crippen molar-refractivity contribution in [3.05, 3.63) is 0 Å². The zero-order valence-corrected chi connectivity index (χ0v) is 13.3. The number of rotatable bonds is 14. The van der Waals surface area contributed by atoms with Gasteiger partial charge < -0.3 is 15.2 Å². The molecule has 0 aliphatic rings. The van der Waals surface area contributed by atoms with Gasteiger partial charge in [-0.3, -0.25) is 0 Å². The molecule has 0 bridgehead atoms. The number of nitrogens with two attached hydrogens (primary N) is 1. The molecule has 0 aromatic carbocycles. The van der Waals surface area contributed by atoms with Gasteiger partial charge in [-0.2, -0.15) is 0 Å². The van der Waals surface area contributed by atoms with Gasteiger partial charge in [0.25, 0.3) is 0 Å². The Balaban J connectivity index is 3.22. The smallest absolute Gasteiger partial charge is 0.171 e. The van der Waals surface area contributed by atoms with Crippen molar-refractivity contribution in [2.75, 3.05) is 14.2 Å². The van der Waals surface area contributed by atoms with E-state index in [-0.39, 0.29) is 12.3 Å². The number of methoxy groups -OCH3 is 2. The average Bonchev–Trinajstić information content (AvgIpc) is 2.42. The zero-order chi connectivity index (χ0) is 14.3. The van der Waals surface area contributed by atoms with Crippen molar-refractivity contribution in [2.45, 2.75) is 89.9 Å². The summed E-state index contributed by atoms with van der Waals surface area (Å²) in [6.45, 7) is 2.27. The lowest BCUT2D eigenvalue weighted by molar-refractivity contribution is -0.117. The Morgan fingerprint density at radius 1 is 0.737 bits per heavy atom. The minimum Gasteiger partial charge on any atom is -0.354 e. The molecule has 19 heavy (non-hydrogen) atoms. The maximum atomic E-state index is 6.00. The van der Waals surface area contributed by atoms with Crippen LogP contribution >= 0.6 is 0 Å². The topological polar surface area (TPSA) is 44.5 Å². The van der Waals surface area contributed by atoms with Crippen LogP contribution in [0.5, 0.6) is 0 Å². The number of unbranched alkanes of at least 4 members (excludes halogenated alkanes) is 9. The number of hydrogen-bond donors (Lipinski definition) is 1. The summed E-state index contributed by atoms with van der Waals surface area (Å²) in [5.74, 6) is 0. The number of hydrogen-bond acceptors (Lipinski definition) is 3. The molecule has 1 atom stereocenters. The van der Waals surface area contributed by atoms with E-state index in [4.69, 9.17) is 15.2 Å². The normalized spacial score (nSPS) is 13.1. The van der Waals surface area contributed by atoms with Gasteiger partial charge in [-0.15, -0.1) is 0 Å². The maximum absolute atomic E-state index is 6.00. The molecular weight excluding hydrogens is 238 g/mol. The lowest BCUT2D eigenvalue weighted by atomic mass is 10.0. The molecule has 0 aliphatic carbocycles. The summed E-state index contributed by atoms with van der Waals surface area (Å²) in [4.78, 5) is 0. The van der Waals surface area contributed by atoms with E-state index in [1.54, 1.807) is 14.2 Å². The van der Waals surface area contributed by atoms with Crippen LogP contribution in [0, 0.1) is 0 Å². The van der Waals surface area contributed by atoms with Crippen LogP contribution in [-0.2, 0) is 9.47 Å². The molecule has 0 amide bonds. The van der Waals surface area contributed by atoms with Gasteiger partial charge in [-0.1, -0.05) is 71.1 Å². The highest BCUT2D eigenvalue weighted by atomic mass is 16.7. The summed E-state index contributed by atoms with van der Waals surface area (Å²) in [5.41, 5.74) is 6.00. The molecule has 0 aromatic rings. The highest BCUT2D eigenvalue weighted by Crippen LogP contribution is 2.12. The van der Waals surface area contributed by atoms with E-state index >= 15 is 0 Å². The van der Waals surface area contributed by atoms with Gasteiger partial charge in [-0.05, 0) is 6.42 Å². The Morgan fingerprint density at radius 3 is 1.58 bits per heavy atom. The standard InChI is InChI=1S/C16H35NO2/c1-4-5-6-7-8-9-10-11-12-13-14-15(17)16(18-2)19-3/h15-16H,4-14,17H2,1-3H3. The molecule has 0 radical (unpaired) electrons. The second-order valence-corrected chi connectivity index (χ2v) is 5.47. The molecule has 0 aromatic heterocycles. The van der Waals surface area contributed by atoms with Crippen molar-refractivity contribution in [1.82, 2.24) is 0 Å². The molecule has 0 saturated carbocycles. The quantitative estimate of drug-likeness (QED) is 0.380. The molecule has 0 fully saturated rings. The van der Waals surface area contributed by atoms with E-state index in [1.807, 2.05) is 0 Å². The molecule has 0 heterocycles. The predicted molar refractivity (Wildman–Crippen MR) is 82.2 cm³/mol. The third-order valence-corrected chi connectivity index (χ3v) is 3.71. The Labute approximate surface area is 120 Å². The molecule has 2 N–H and O–H groups in total. The summed E-state index contributed by atoms with van der Waals surface area (Å²) in [5, 5.41) is 0. The lowest BCUT2D eigenvalue weighted by Gasteiger charge is -2.20. The molecule has 0 aliphatic heterocycles. The third kappa shape index (κ3) is 11.4. The molecule has 0 rings (SSSR count). The van der Waals surface area contributed by atoms with Crippen LogP contribution in [0.2, 0.25) is 0 Å². The van der Waals surface area contributed by atoms with Gasteiger partial charge in [0.15, 0.2) is 6.29 Å². The van der Waals surface area contributed by atoms with Crippen LogP contribution in [0.1, 0.15) is 77.6 Å². The van der Waals surface area contributed by atoms with Crippen LogP contribution in [0.25, 0.3) is 0 Å². The van der Waals surface area contributed by atoms with Crippen molar-refractivity contribution in [3.63, 3.8) is 0 Å². The Morgan fingerprint density at radius 2 is 1.16 bits per heavy atom. The van der Waals surface area contributed by atoms with E-state index < -0.39 is 0 Å². The second-order valence-electron chi connectivity index (χ2n) is 5.47. The van der Waals surface area contributed by atoms with Crippen LogP contribution in [0.4, 0.5) is 0 Å². The maximum Gasteiger partial charge on any atom is 0.171 e. The zero-order valence-electron chi connectivity index (χ0n) is 13.3. The first-order valence-electron chi connectivity index (χ1n) is 8.07. The Bertz CT molecular complexity index is 172. The highest BCUT2D eigenvalue weighted by Gasteiger charge is 2.15. The van der Waals surface area contributed by atoms with Crippen molar-refractivity contribution in [1.29, 1.82) is 0 Å². The van der Waals surface area contributed by atoms with Crippen molar-refractivity contribution in [3.8, 4) is 0 Å². The molecular formula is C16H35NO2. The molecule has 3 heteroatoms. The summed E-state index contributed by atoms with van der Waals surface area (Å²) in [7, 11) is 3.29. The molecule has 1 unspecified atom stereocenters. The van der Waals surface area contributed by atoms with Crippen molar-refractivity contribution >= 4 is 0 Å². The minimum atomic E-state index is -0.251. The summed E-state index contributed by atoms with van der Waals surface area (Å²) < 4.78 is 10.3. The Kier molecular flexibility index (Phi) is 14.2. The Hall–Kier alpha value is -0.120. The van der Waals surface area contributed by atoms with Crippen molar-refractivity contribution in [2.24, 2.45) is 5.73 Å². The van der Waals surface area contributed by atoms with E-state index in [9.17, 15) is 0 Å². The lowest BCUT2D eigenvalue weighted by Crippen LogP contribution is -2.37. The molecule has 0 saturated heterocycles. The first kappa shape index (κ1) is 18.9. The fraction of sp³-hybridized carbons (Fsp3) is 1.00. The first-order valence-corrected chi connectivity index (χ1v) is 8.07. The monoisotopic (exact) mass is 273 g/mol. The van der Waals surface area contributed by atoms with Crippen LogP contribution in [0.3, 0.4) is 0 Å². The summed E-state index contributed by atoms with van der Waals surface area (Å²) in [6, 6.07) is 0.00374. The van der Waals surface area contributed by atoms with Crippen LogP contribution in [-0.4, -0.2) is 26.6 Å². The predicted octanol–water partition coefficient (Wildman–Crippen LogP) is 4.24. The SMILES string of the molecule is CCCCCCCCCCCCC(N)C(OC)OC. The average molecular weight is 273 g/mol. The van der Waals surface area contributed by atoms with Gasteiger partial charge in [0, 0.05) is 14.2 Å².